The van der Waals surface area contributed by atoms with E-state index in [0.29, 0.717) is 22.5 Å². The molecule has 4 aromatic carbocycles. The molecule has 0 radical (unpaired) electrons. The number of fused-ring (bicyclic) bond motifs is 5. The van der Waals surface area contributed by atoms with Gasteiger partial charge in [0.05, 0.1) is 45.1 Å². The van der Waals surface area contributed by atoms with E-state index < -0.39 is 69.5 Å². The monoisotopic (exact) mass is 700 g/mol. The number of anilines is 2. The molecule has 4 saturated heterocycles. The first-order valence-electron chi connectivity index (χ1n) is 16.7. The maximum atomic E-state index is 14.7. The standard InChI is InChI=1S/C38H32N6O8/c1-19-13-20(2)16-27(15-19)39-35(45)29-31(23-5-9-25(10-6-23)43(49)50)42-34-30(36(46)40(38(34)48)28-17-21(3)14-22(4)18-28)32(41(42)33(29)37(39)47)24-7-11-26(12-8-24)44(51)52/h5-18,29-34H,1-4H3. The molecule has 0 aliphatic carbocycles. The fourth-order valence-electron chi connectivity index (χ4n) is 8.75. The Morgan fingerprint density at radius 1 is 0.462 bits per heavy atom. The van der Waals surface area contributed by atoms with Crippen molar-refractivity contribution in [2.75, 3.05) is 9.80 Å². The van der Waals surface area contributed by atoms with E-state index >= 15 is 0 Å². The van der Waals surface area contributed by atoms with Crippen LogP contribution in [0.4, 0.5) is 22.7 Å². The van der Waals surface area contributed by atoms with Gasteiger partial charge in [0.1, 0.15) is 12.1 Å². The van der Waals surface area contributed by atoms with Gasteiger partial charge in [0.15, 0.2) is 0 Å². The summed E-state index contributed by atoms with van der Waals surface area (Å²) in [6, 6.07) is 17.8. The first-order valence-corrected chi connectivity index (χ1v) is 16.7. The van der Waals surface area contributed by atoms with Gasteiger partial charge in [-0.2, -0.15) is 0 Å². The third kappa shape index (κ3) is 4.78. The minimum atomic E-state index is -1.17. The van der Waals surface area contributed by atoms with Crippen molar-refractivity contribution in [2.24, 2.45) is 11.8 Å². The second-order valence-corrected chi connectivity index (χ2v) is 14.0. The van der Waals surface area contributed by atoms with Gasteiger partial charge in [-0.25, -0.2) is 19.8 Å². The molecule has 4 amide bonds. The number of non-ortho nitro benzene ring substituents is 2. The average molecular weight is 701 g/mol. The highest BCUT2D eigenvalue weighted by Gasteiger charge is 2.73. The van der Waals surface area contributed by atoms with Crippen LogP contribution in [0.25, 0.3) is 0 Å². The number of hydrogen-bond donors (Lipinski definition) is 0. The SMILES string of the molecule is Cc1cc(C)cc(N2C(=O)C3C(C2=O)N2C(c4ccc([N+](=O)[O-])cc4)C4C(=O)N(c5cc(C)cc(C)c5)C(=O)C4N2C3c2ccc([N+](=O)[O-])cc2)c1. The van der Waals surface area contributed by atoms with Crippen LogP contribution in [-0.4, -0.2) is 55.6 Å². The number of imide groups is 2. The molecule has 6 atom stereocenters. The molecular formula is C38H32N6O8. The summed E-state index contributed by atoms with van der Waals surface area (Å²) in [7, 11) is 0. The van der Waals surface area contributed by atoms with Gasteiger partial charge >= 0.3 is 0 Å². The topological polar surface area (TPSA) is 168 Å². The number of amides is 4. The molecule has 6 unspecified atom stereocenters. The molecule has 0 saturated carbocycles. The number of aryl methyl sites for hydroxylation is 4. The Balaban J connectivity index is 1.34. The van der Waals surface area contributed by atoms with Crippen LogP contribution >= 0.6 is 0 Å². The maximum absolute atomic E-state index is 14.7. The van der Waals surface area contributed by atoms with Crippen molar-refractivity contribution < 1.29 is 29.0 Å². The number of hydrogen-bond acceptors (Lipinski definition) is 10. The van der Waals surface area contributed by atoms with E-state index in [4.69, 9.17) is 0 Å². The Bertz CT molecular complexity index is 2060. The van der Waals surface area contributed by atoms with Crippen LogP contribution in [0.3, 0.4) is 0 Å². The summed E-state index contributed by atoms with van der Waals surface area (Å²) in [4.78, 5) is 83.2. The van der Waals surface area contributed by atoms with E-state index in [9.17, 15) is 39.4 Å². The summed E-state index contributed by atoms with van der Waals surface area (Å²) in [5, 5.41) is 26.5. The Hall–Kier alpha value is -6.12. The van der Waals surface area contributed by atoms with Gasteiger partial charge in [-0.3, -0.25) is 39.4 Å². The van der Waals surface area contributed by atoms with E-state index in [1.807, 2.05) is 39.8 Å². The molecule has 262 valence electrons. The van der Waals surface area contributed by atoms with Crippen LogP contribution in [0.15, 0.2) is 84.9 Å². The van der Waals surface area contributed by atoms with Crippen LogP contribution < -0.4 is 9.80 Å². The Morgan fingerprint density at radius 3 is 1.06 bits per heavy atom. The van der Waals surface area contributed by atoms with Crippen molar-refractivity contribution in [3.8, 4) is 0 Å². The van der Waals surface area contributed by atoms with Gasteiger partial charge in [0.2, 0.25) is 11.8 Å². The second-order valence-electron chi connectivity index (χ2n) is 14.0. The minimum absolute atomic E-state index is 0.183. The van der Waals surface area contributed by atoms with Crippen molar-refractivity contribution in [1.82, 2.24) is 10.0 Å². The summed E-state index contributed by atoms with van der Waals surface area (Å²) >= 11 is 0. The highest BCUT2D eigenvalue weighted by atomic mass is 16.6. The summed E-state index contributed by atoms with van der Waals surface area (Å²) in [5.74, 6) is -4.28. The van der Waals surface area contributed by atoms with E-state index in [2.05, 4.69) is 0 Å². The molecule has 4 aliphatic rings. The van der Waals surface area contributed by atoms with Crippen LogP contribution in [0.5, 0.6) is 0 Å². The third-order valence-corrected chi connectivity index (χ3v) is 10.5. The van der Waals surface area contributed by atoms with Crippen molar-refractivity contribution >= 4 is 46.4 Å². The Kier molecular flexibility index (Phi) is 7.45. The number of carbonyl (C=O) groups is 4. The fourth-order valence-corrected chi connectivity index (χ4v) is 8.75. The smallest absolute Gasteiger partial charge is 0.269 e. The lowest BCUT2D eigenvalue weighted by atomic mass is 9.84. The Morgan fingerprint density at radius 2 is 0.769 bits per heavy atom. The Labute approximate surface area is 297 Å². The first kappa shape index (κ1) is 33.0. The lowest BCUT2D eigenvalue weighted by Gasteiger charge is -2.35. The lowest BCUT2D eigenvalue weighted by molar-refractivity contribution is -0.385. The van der Waals surface area contributed by atoms with Gasteiger partial charge in [0, 0.05) is 24.3 Å². The molecule has 14 heteroatoms. The van der Waals surface area contributed by atoms with Gasteiger partial charge < -0.3 is 0 Å². The molecule has 8 rings (SSSR count). The van der Waals surface area contributed by atoms with E-state index in [1.54, 1.807) is 34.3 Å². The van der Waals surface area contributed by atoms with Crippen molar-refractivity contribution in [2.45, 2.75) is 51.9 Å². The van der Waals surface area contributed by atoms with E-state index in [1.165, 1.54) is 48.5 Å². The normalized spacial score (nSPS) is 25.5. The molecule has 0 spiro atoms. The summed E-state index contributed by atoms with van der Waals surface area (Å²) < 4.78 is 0. The zero-order valence-electron chi connectivity index (χ0n) is 28.5. The van der Waals surface area contributed by atoms with Crippen LogP contribution in [-0.2, 0) is 19.2 Å². The van der Waals surface area contributed by atoms with Crippen molar-refractivity contribution in [1.29, 1.82) is 0 Å². The third-order valence-electron chi connectivity index (χ3n) is 10.5. The van der Waals surface area contributed by atoms with Crippen LogP contribution in [0.2, 0.25) is 0 Å². The molecule has 4 aromatic rings. The van der Waals surface area contributed by atoms with E-state index in [0.717, 1.165) is 32.1 Å². The maximum Gasteiger partial charge on any atom is 0.269 e. The van der Waals surface area contributed by atoms with Crippen molar-refractivity contribution in [3.05, 3.63) is 139 Å². The number of benzene rings is 4. The zero-order chi connectivity index (χ0) is 36.9. The van der Waals surface area contributed by atoms with Crippen LogP contribution in [0.1, 0.15) is 45.5 Å². The fraction of sp³-hybridized carbons (Fsp3) is 0.263. The molecule has 0 bridgehead atoms. The zero-order valence-corrected chi connectivity index (χ0v) is 28.5. The van der Waals surface area contributed by atoms with Gasteiger partial charge in [0.25, 0.3) is 23.2 Å². The predicted molar refractivity (Wildman–Crippen MR) is 187 cm³/mol. The molecular weight excluding hydrogens is 668 g/mol. The number of nitro benzene ring substituents is 2. The average Bonchev–Trinajstić information content (AvgIpc) is 3.75. The number of nitrogens with zero attached hydrogens (tertiary/aromatic N) is 6. The summed E-state index contributed by atoms with van der Waals surface area (Å²) in [6.45, 7) is 7.42. The van der Waals surface area contributed by atoms with Crippen LogP contribution in [0, 0.1) is 59.8 Å². The number of rotatable bonds is 6. The molecule has 52 heavy (non-hydrogen) atoms. The number of carbonyl (C=O) groups excluding carboxylic acids is 4. The summed E-state index contributed by atoms with van der Waals surface area (Å²) in [5.41, 5.74) is 4.64. The van der Waals surface area contributed by atoms with Gasteiger partial charge in [-0.05, 0) is 85.3 Å². The molecule has 4 fully saturated rings. The van der Waals surface area contributed by atoms with Gasteiger partial charge in [-0.15, -0.1) is 0 Å². The highest BCUT2D eigenvalue weighted by molar-refractivity contribution is 6.26. The largest absolute Gasteiger partial charge is 0.274 e. The molecule has 14 nitrogen and oxygen atoms in total. The quantitative estimate of drug-likeness (QED) is 0.149. The molecule has 0 N–H and O–H groups in total. The van der Waals surface area contributed by atoms with Gasteiger partial charge in [-0.1, -0.05) is 36.4 Å². The molecule has 4 heterocycles. The number of nitro groups is 2. The van der Waals surface area contributed by atoms with E-state index in [-0.39, 0.29) is 11.4 Å². The predicted octanol–water partition coefficient (Wildman–Crippen LogP) is 5.18. The molecule has 4 aliphatic heterocycles. The lowest BCUT2D eigenvalue weighted by Crippen LogP contribution is -2.50. The molecule has 0 aromatic heterocycles. The second kappa shape index (κ2) is 11.7. The highest BCUT2D eigenvalue weighted by Crippen LogP contribution is 2.60. The number of hydrazine groups is 1. The summed E-state index contributed by atoms with van der Waals surface area (Å²) in [6.07, 6.45) is 0. The van der Waals surface area contributed by atoms with Crippen molar-refractivity contribution in [3.63, 3.8) is 0 Å². The first-order chi connectivity index (χ1) is 24.8. The minimum Gasteiger partial charge on any atom is -0.274 e.